The summed E-state index contributed by atoms with van der Waals surface area (Å²) in [5.41, 5.74) is 1.12. The van der Waals surface area contributed by atoms with E-state index in [-0.39, 0.29) is 5.28 Å². The van der Waals surface area contributed by atoms with Crippen LogP contribution in [0.1, 0.15) is 0 Å². The lowest BCUT2D eigenvalue weighted by Crippen LogP contribution is -2.26. The summed E-state index contributed by atoms with van der Waals surface area (Å²) in [4.78, 5) is 8.03. The minimum absolute atomic E-state index is 0.0875. The Balaban J connectivity index is 2.22. The van der Waals surface area contributed by atoms with E-state index in [4.69, 9.17) is 11.6 Å². The van der Waals surface area contributed by atoms with E-state index in [1.807, 2.05) is 36.4 Å². The molecule has 3 aromatic rings. The van der Waals surface area contributed by atoms with E-state index in [1.54, 1.807) is 0 Å². The maximum atomic E-state index is 12.1. The third-order valence-electron chi connectivity index (χ3n) is 3.68. The highest BCUT2D eigenvalue weighted by Crippen LogP contribution is 2.37. The number of nitrogens with one attached hydrogen (secondary N) is 1. The lowest BCUT2D eigenvalue weighted by molar-refractivity contribution is 0.600. The molecule has 0 aliphatic rings. The highest BCUT2D eigenvalue weighted by Gasteiger charge is 2.20. The topological polar surface area (TPSA) is 75.2 Å². The fraction of sp³-hybridized carbons (Fsp3) is 0.125. The summed E-state index contributed by atoms with van der Waals surface area (Å²) in [5.74, 6) is 0.443. The summed E-state index contributed by atoms with van der Waals surface area (Å²) < 4.78 is 26.1. The molecule has 3 rings (SSSR count). The van der Waals surface area contributed by atoms with Crippen LogP contribution in [0.2, 0.25) is 5.28 Å². The molecule has 1 aromatic heterocycles. The minimum atomic E-state index is -3.46. The molecule has 130 valence electrons. The second kappa shape index (κ2) is 6.78. The zero-order valence-electron chi connectivity index (χ0n) is 13.4. The third-order valence-corrected chi connectivity index (χ3v) is 5.62. The lowest BCUT2D eigenvalue weighted by atomic mass is 10.1. The Morgan fingerprint density at radius 3 is 2.64 bits per heavy atom. The maximum Gasteiger partial charge on any atom is 0.232 e. The van der Waals surface area contributed by atoms with Gasteiger partial charge in [0.2, 0.25) is 15.3 Å². The summed E-state index contributed by atoms with van der Waals surface area (Å²) in [7, 11) is -1.94. The van der Waals surface area contributed by atoms with Crippen LogP contribution in [0.3, 0.4) is 0 Å². The van der Waals surface area contributed by atoms with Crippen LogP contribution in [-0.2, 0) is 10.0 Å². The van der Waals surface area contributed by atoms with Crippen LogP contribution in [-0.4, -0.2) is 31.7 Å². The molecule has 0 atom stereocenters. The normalized spacial score (nSPS) is 11.5. The first kappa shape index (κ1) is 17.9. The Morgan fingerprint density at radius 1 is 1.20 bits per heavy atom. The first-order valence-electron chi connectivity index (χ1n) is 7.18. The number of sulfonamides is 1. The first-order valence-corrected chi connectivity index (χ1v) is 10.2. The second-order valence-electron chi connectivity index (χ2n) is 5.37. The quantitative estimate of drug-likeness (QED) is 0.615. The van der Waals surface area contributed by atoms with Gasteiger partial charge in [-0.3, -0.25) is 4.31 Å². The molecule has 0 bridgehead atoms. The lowest BCUT2D eigenvalue weighted by Gasteiger charge is -2.23. The van der Waals surface area contributed by atoms with Crippen molar-refractivity contribution in [2.45, 2.75) is 0 Å². The average molecular weight is 442 g/mol. The van der Waals surface area contributed by atoms with E-state index in [9.17, 15) is 8.42 Å². The number of nitrogens with zero attached hydrogens (tertiary/aromatic N) is 3. The second-order valence-corrected chi connectivity index (χ2v) is 8.58. The van der Waals surface area contributed by atoms with Gasteiger partial charge in [0.15, 0.2) is 0 Å². The van der Waals surface area contributed by atoms with Crippen molar-refractivity contribution in [2.24, 2.45) is 0 Å². The molecule has 0 spiro atoms. The molecule has 0 saturated carbocycles. The number of fused-ring (bicyclic) bond motifs is 1. The SMILES string of the molecule is CN(c1c(Nc2nc(Cl)ncc2Br)ccc2ccccc12)S(C)(=O)=O. The predicted octanol–water partition coefficient (Wildman–Crippen LogP) is 4.19. The molecule has 0 aliphatic heterocycles. The van der Waals surface area contributed by atoms with Gasteiger partial charge in [-0.2, -0.15) is 4.98 Å². The van der Waals surface area contributed by atoms with E-state index in [1.165, 1.54) is 17.5 Å². The zero-order chi connectivity index (χ0) is 18.2. The molecule has 0 unspecified atom stereocenters. The average Bonchev–Trinajstić information content (AvgIpc) is 2.56. The Hall–Kier alpha value is -1.90. The van der Waals surface area contributed by atoms with Gasteiger partial charge in [-0.05, 0) is 39.0 Å². The molecule has 2 aromatic carbocycles. The molecule has 0 fully saturated rings. The molecular formula is C16H14BrClN4O2S. The van der Waals surface area contributed by atoms with Gasteiger partial charge >= 0.3 is 0 Å². The number of hydrogen-bond acceptors (Lipinski definition) is 5. The van der Waals surface area contributed by atoms with E-state index in [0.29, 0.717) is 21.7 Å². The highest BCUT2D eigenvalue weighted by molar-refractivity contribution is 9.10. The molecule has 9 heteroatoms. The van der Waals surface area contributed by atoms with Crippen LogP contribution in [0.4, 0.5) is 17.2 Å². The van der Waals surface area contributed by atoms with Crippen LogP contribution in [0.25, 0.3) is 10.8 Å². The standard InChI is InChI=1S/C16H14BrClN4O2S/c1-22(25(2,23)24)14-11-6-4-3-5-10(11)7-8-13(14)20-15-12(17)9-19-16(18)21-15/h3-9H,1-2H3,(H,19,20,21). The van der Waals surface area contributed by atoms with Crippen molar-refractivity contribution in [1.82, 2.24) is 9.97 Å². The van der Waals surface area contributed by atoms with Gasteiger partial charge in [0.25, 0.3) is 0 Å². The number of hydrogen-bond donors (Lipinski definition) is 1. The first-order chi connectivity index (χ1) is 11.8. The van der Waals surface area contributed by atoms with Crippen molar-refractivity contribution in [3.8, 4) is 0 Å². The third kappa shape index (κ3) is 3.70. The molecule has 0 saturated heterocycles. The smallest absolute Gasteiger partial charge is 0.232 e. The summed E-state index contributed by atoms with van der Waals surface area (Å²) in [5, 5.41) is 4.96. The number of anilines is 3. The predicted molar refractivity (Wildman–Crippen MR) is 105 cm³/mol. The molecule has 6 nitrogen and oxygen atoms in total. The maximum absolute atomic E-state index is 12.1. The van der Waals surface area contributed by atoms with Crippen LogP contribution in [0, 0.1) is 0 Å². The Kier molecular flexibility index (Phi) is 4.86. The van der Waals surface area contributed by atoms with Gasteiger partial charge in [-0.25, -0.2) is 13.4 Å². The van der Waals surface area contributed by atoms with E-state index in [2.05, 4.69) is 31.2 Å². The Morgan fingerprint density at radius 2 is 1.92 bits per heavy atom. The molecule has 1 N–H and O–H groups in total. The van der Waals surface area contributed by atoms with Gasteiger partial charge in [0.1, 0.15) is 5.82 Å². The summed E-state index contributed by atoms with van der Waals surface area (Å²) in [6.07, 6.45) is 2.69. The number of aromatic nitrogens is 2. The fourth-order valence-corrected chi connectivity index (χ4v) is 3.37. The van der Waals surface area contributed by atoms with Gasteiger partial charge in [-0.15, -0.1) is 0 Å². The van der Waals surface area contributed by atoms with Crippen LogP contribution < -0.4 is 9.62 Å². The fourth-order valence-electron chi connectivity index (χ4n) is 2.42. The number of halogens is 2. The summed E-state index contributed by atoms with van der Waals surface area (Å²) in [6, 6.07) is 11.3. The van der Waals surface area contributed by atoms with Crippen molar-refractivity contribution < 1.29 is 8.42 Å². The molecule has 0 amide bonds. The zero-order valence-corrected chi connectivity index (χ0v) is 16.5. The van der Waals surface area contributed by atoms with Crippen LogP contribution in [0.15, 0.2) is 47.1 Å². The van der Waals surface area contributed by atoms with Crippen molar-refractivity contribution in [3.05, 3.63) is 52.4 Å². The van der Waals surface area contributed by atoms with Gasteiger partial charge in [0, 0.05) is 18.6 Å². The Labute approximate surface area is 159 Å². The van der Waals surface area contributed by atoms with Gasteiger partial charge < -0.3 is 5.32 Å². The number of benzene rings is 2. The molecule has 0 radical (unpaired) electrons. The van der Waals surface area contributed by atoms with Crippen molar-refractivity contribution >= 4 is 65.5 Å². The highest BCUT2D eigenvalue weighted by atomic mass is 79.9. The van der Waals surface area contributed by atoms with Crippen molar-refractivity contribution in [2.75, 3.05) is 22.9 Å². The molecule has 1 heterocycles. The summed E-state index contributed by atoms with van der Waals surface area (Å²) in [6.45, 7) is 0. The Bertz CT molecular complexity index is 1060. The van der Waals surface area contributed by atoms with Crippen LogP contribution in [0.5, 0.6) is 0 Å². The molecule has 25 heavy (non-hydrogen) atoms. The van der Waals surface area contributed by atoms with E-state index >= 15 is 0 Å². The minimum Gasteiger partial charge on any atom is -0.337 e. The monoisotopic (exact) mass is 440 g/mol. The molecule has 0 aliphatic carbocycles. The van der Waals surface area contributed by atoms with E-state index in [0.717, 1.165) is 17.0 Å². The van der Waals surface area contributed by atoms with Crippen molar-refractivity contribution in [1.29, 1.82) is 0 Å². The summed E-state index contributed by atoms with van der Waals surface area (Å²) >= 11 is 9.22. The van der Waals surface area contributed by atoms with Gasteiger partial charge in [0.05, 0.1) is 22.1 Å². The largest absolute Gasteiger partial charge is 0.337 e. The molecular weight excluding hydrogens is 428 g/mol. The van der Waals surface area contributed by atoms with Crippen LogP contribution >= 0.6 is 27.5 Å². The van der Waals surface area contributed by atoms with Crippen molar-refractivity contribution in [3.63, 3.8) is 0 Å². The number of rotatable bonds is 4. The van der Waals surface area contributed by atoms with Gasteiger partial charge in [-0.1, -0.05) is 30.3 Å². The van der Waals surface area contributed by atoms with E-state index < -0.39 is 10.0 Å².